The Bertz CT molecular complexity index is 560. The van der Waals surface area contributed by atoms with Crippen molar-refractivity contribution in [2.24, 2.45) is 0 Å². The molecule has 0 saturated carbocycles. The lowest BCUT2D eigenvalue weighted by molar-refractivity contribution is 0.104. The third-order valence-electron chi connectivity index (χ3n) is 2.48. The van der Waals surface area contributed by atoms with E-state index >= 15 is 0 Å². The third kappa shape index (κ3) is 2.35. The molecule has 0 bridgehead atoms. The second kappa shape index (κ2) is 4.90. The highest BCUT2D eigenvalue weighted by Crippen LogP contribution is 2.27. The van der Waals surface area contributed by atoms with Crippen molar-refractivity contribution in [2.75, 3.05) is 7.11 Å². The molecule has 0 aliphatic rings. The summed E-state index contributed by atoms with van der Waals surface area (Å²) in [6.45, 7) is 1.93. The lowest BCUT2D eigenvalue weighted by atomic mass is 10.1. The van der Waals surface area contributed by atoms with Crippen molar-refractivity contribution >= 4 is 28.7 Å². The second-order valence-corrected chi connectivity index (χ2v) is 4.93. The van der Waals surface area contributed by atoms with Crippen LogP contribution in [-0.4, -0.2) is 12.9 Å². The highest BCUT2D eigenvalue weighted by atomic mass is 35.5. The van der Waals surface area contributed by atoms with Gasteiger partial charge in [-0.05, 0) is 42.1 Å². The van der Waals surface area contributed by atoms with Gasteiger partial charge < -0.3 is 4.74 Å². The standard InChI is InChI=1S/C13H11ClO2S/c1-8-5-6-17-13(8)12(15)9-3-4-11(16-2)10(14)7-9/h3-7H,1-2H3. The molecule has 2 aromatic rings. The summed E-state index contributed by atoms with van der Waals surface area (Å²) in [5, 5.41) is 2.36. The number of ketones is 1. The molecule has 1 heterocycles. The lowest BCUT2D eigenvalue weighted by Crippen LogP contribution is -2.00. The van der Waals surface area contributed by atoms with Crippen LogP contribution in [0.3, 0.4) is 0 Å². The fourth-order valence-corrected chi connectivity index (χ4v) is 2.69. The molecule has 2 rings (SSSR count). The van der Waals surface area contributed by atoms with Crippen LogP contribution < -0.4 is 4.74 Å². The van der Waals surface area contributed by atoms with Crippen molar-refractivity contribution < 1.29 is 9.53 Å². The Morgan fingerprint density at radius 3 is 2.65 bits per heavy atom. The summed E-state index contributed by atoms with van der Waals surface area (Å²) in [6.07, 6.45) is 0. The van der Waals surface area contributed by atoms with E-state index in [-0.39, 0.29) is 5.78 Å². The van der Waals surface area contributed by atoms with Crippen molar-refractivity contribution in [1.82, 2.24) is 0 Å². The zero-order valence-electron chi connectivity index (χ0n) is 9.49. The Balaban J connectivity index is 2.39. The predicted octanol–water partition coefficient (Wildman–Crippen LogP) is 3.95. The molecule has 0 amide bonds. The summed E-state index contributed by atoms with van der Waals surface area (Å²) in [6, 6.07) is 7.01. The molecule has 4 heteroatoms. The minimum absolute atomic E-state index is 0.00190. The number of benzene rings is 1. The van der Waals surface area contributed by atoms with Gasteiger partial charge in [0.05, 0.1) is 17.0 Å². The van der Waals surface area contributed by atoms with E-state index in [4.69, 9.17) is 16.3 Å². The molecule has 1 aromatic carbocycles. The maximum Gasteiger partial charge on any atom is 0.203 e. The number of carbonyl (C=O) groups is 1. The van der Waals surface area contributed by atoms with Gasteiger partial charge in [0.15, 0.2) is 0 Å². The molecule has 0 aliphatic carbocycles. The number of methoxy groups -OCH3 is 1. The van der Waals surface area contributed by atoms with Crippen molar-refractivity contribution in [3.05, 3.63) is 50.7 Å². The van der Waals surface area contributed by atoms with Crippen molar-refractivity contribution in [3.63, 3.8) is 0 Å². The topological polar surface area (TPSA) is 26.3 Å². The van der Waals surface area contributed by atoms with Crippen LogP contribution in [0.4, 0.5) is 0 Å². The Hall–Kier alpha value is -1.32. The van der Waals surface area contributed by atoms with E-state index in [2.05, 4.69) is 0 Å². The number of carbonyl (C=O) groups excluding carboxylic acids is 1. The van der Waals surface area contributed by atoms with Crippen molar-refractivity contribution in [1.29, 1.82) is 0 Å². The van der Waals surface area contributed by atoms with Gasteiger partial charge in [-0.1, -0.05) is 11.6 Å². The third-order valence-corrected chi connectivity index (χ3v) is 3.79. The smallest absolute Gasteiger partial charge is 0.203 e. The highest BCUT2D eigenvalue weighted by molar-refractivity contribution is 7.12. The van der Waals surface area contributed by atoms with Gasteiger partial charge in [-0.15, -0.1) is 11.3 Å². The average Bonchev–Trinajstić information content (AvgIpc) is 2.74. The van der Waals surface area contributed by atoms with Crippen LogP contribution in [0.1, 0.15) is 20.8 Å². The molecule has 17 heavy (non-hydrogen) atoms. The van der Waals surface area contributed by atoms with Crippen molar-refractivity contribution in [2.45, 2.75) is 6.92 Å². The SMILES string of the molecule is COc1ccc(C(=O)c2sccc2C)cc1Cl. The first-order valence-electron chi connectivity index (χ1n) is 5.06. The quantitative estimate of drug-likeness (QED) is 0.787. The molecule has 0 fully saturated rings. The van der Waals surface area contributed by atoms with Gasteiger partial charge in [-0.25, -0.2) is 0 Å². The summed E-state index contributed by atoms with van der Waals surface area (Å²) in [4.78, 5) is 12.9. The van der Waals surface area contributed by atoms with Crippen LogP contribution in [0, 0.1) is 6.92 Å². The van der Waals surface area contributed by atoms with E-state index in [1.807, 2.05) is 18.4 Å². The summed E-state index contributed by atoms with van der Waals surface area (Å²) >= 11 is 7.45. The molecule has 88 valence electrons. The number of thiophene rings is 1. The zero-order chi connectivity index (χ0) is 12.4. The fraction of sp³-hybridized carbons (Fsp3) is 0.154. The molecule has 1 aromatic heterocycles. The van der Waals surface area contributed by atoms with Crippen LogP contribution in [0.5, 0.6) is 5.75 Å². The molecular weight excluding hydrogens is 256 g/mol. The molecule has 0 spiro atoms. The fourth-order valence-electron chi connectivity index (χ4n) is 1.54. The molecule has 0 radical (unpaired) electrons. The van der Waals surface area contributed by atoms with Crippen LogP contribution >= 0.6 is 22.9 Å². The average molecular weight is 267 g/mol. The van der Waals surface area contributed by atoms with Gasteiger partial charge in [0, 0.05) is 5.56 Å². The normalized spacial score (nSPS) is 10.3. The van der Waals surface area contributed by atoms with Gasteiger partial charge in [-0.2, -0.15) is 0 Å². The Morgan fingerprint density at radius 1 is 1.35 bits per heavy atom. The summed E-state index contributed by atoms with van der Waals surface area (Å²) < 4.78 is 5.05. The summed E-state index contributed by atoms with van der Waals surface area (Å²) in [5.41, 5.74) is 1.58. The van der Waals surface area contributed by atoms with Gasteiger partial charge in [0.1, 0.15) is 5.75 Å². The van der Waals surface area contributed by atoms with Gasteiger partial charge in [0.2, 0.25) is 5.78 Å². The Morgan fingerprint density at radius 2 is 2.12 bits per heavy atom. The van der Waals surface area contributed by atoms with E-state index < -0.39 is 0 Å². The first-order chi connectivity index (χ1) is 8.13. The monoisotopic (exact) mass is 266 g/mol. The van der Waals surface area contributed by atoms with Crippen LogP contribution in [0.2, 0.25) is 5.02 Å². The number of aryl methyl sites for hydroxylation is 1. The molecular formula is C13H11ClO2S. The molecule has 0 saturated heterocycles. The number of ether oxygens (including phenoxy) is 1. The summed E-state index contributed by atoms with van der Waals surface area (Å²) in [7, 11) is 1.55. The van der Waals surface area contributed by atoms with Crippen LogP contribution in [0.25, 0.3) is 0 Å². The Labute approximate surface area is 109 Å². The maximum absolute atomic E-state index is 12.2. The minimum atomic E-state index is 0.00190. The van der Waals surface area contributed by atoms with E-state index in [1.165, 1.54) is 11.3 Å². The highest BCUT2D eigenvalue weighted by Gasteiger charge is 2.14. The van der Waals surface area contributed by atoms with Crippen LogP contribution in [0.15, 0.2) is 29.6 Å². The zero-order valence-corrected chi connectivity index (χ0v) is 11.1. The van der Waals surface area contributed by atoms with E-state index in [9.17, 15) is 4.79 Å². The molecule has 2 nitrogen and oxygen atoms in total. The largest absolute Gasteiger partial charge is 0.495 e. The van der Waals surface area contributed by atoms with Crippen molar-refractivity contribution in [3.8, 4) is 5.75 Å². The Kier molecular flexibility index (Phi) is 3.50. The lowest BCUT2D eigenvalue weighted by Gasteiger charge is -2.05. The number of rotatable bonds is 3. The van der Waals surface area contributed by atoms with E-state index in [1.54, 1.807) is 25.3 Å². The first kappa shape index (κ1) is 12.1. The second-order valence-electron chi connectivity index (χ2n) is 3.61. The van der Waals surface area contributed by atoms with Gasteiger partial charge >= 0.3 is 0 Å². The van der Waals surface area contributed by atoms with E-state index in [0.29, 0.717) is 16.3 Å². The number of hydrogen-bond acceptors (Lipinski definition) is 3. The number of halogens is 1. The van der Waals surface area contributed by atoms with Gasteiger partial charge in [0.25, 0.3) is 0 Å². The van der Waals surface area contributed by atoms with Crippen LogP contribution in [-0.2, 0) is 0 Å². The predicted molar refractivity (Wildman–Crippen MR) is 70.5 cm³/mol. The molecule has 0 atom stereocenters. The first-order valence-corrected chi connectivity index (χ1v) is 6.31. The molecule has 0 N–H and O–H groups in total. The molecule has 0 aliphatic heterocycles. The van der Waals surface area contributed by atoms with E-state index in [0.717, 1.165) is 10.4 Å². The molecule has 0 unspecified atom stereocenters. The number of hydrogen-bond donors (Lipinski definition) is 0. The minimum Gasteiger partial charge on any atom is -0.495 e. The van der Waals surface area contributed by atoms with Gasteiger partial charge in [-0.3, -0.25) is 4.79 Å². The summed E-state index contributed by atoms with van der Waals surface area (Å²) in [5.74, 6) is 0.577. The maximum atomic E-state index is 12.2.